The Bertz CT molecular complexity index is 1120. The van der Waals surface area contributed by atoms with E-state index in [0.717, 1.165) is 26.4 Å². The number of nitrogens with two attached hydrogens (primary N) is 2. The van der Waals surface area contributed by atoms with Gasteiger partial charge in [-0.15, -0.1) is 0 Å². The van der Waals surface area contributed by atoms with Gasteiger partial charge < -0.3 is 26.3 Å². The molecule has 0 aliphatic rings. The van der Waals surface area contributed by atoms with Gasteiger partial charge >= 0.3 is 0 Å². The van der Waals surface area contributed by atoms with Crippen LogP contribution in [-0.4, -0.2) is 46.2 Å². The molecule has 6 N–H and O–H groups in total. The predicted molar refractivity (Wildman–Crippen MR) is 121 cm³/mol. The molecule has 0 spiro atoms. The van der Waals surface area contributed by atoms with E-state index in [2.05, 4.69) is 21.6 Å². The zero-order valence-corrected chi connectivity index (χ0v) is 18.4. The van der Waals surface area contributed by atoms with E-state index in [1.807, 2.05) is 50.8 Å². The molecule has 3 aromatic rings. The quantitative estimate of drug-likeness (QED) is 0.432. The summed E-state index contributed by atoms with van der Waals surface area (Å²) in [6.07, 6.45) is 5.20. The van der Waals surface area contributed by atoms with Crippen molar-refractivity contribution in [1.82, 2.24) is 25.0 Å². The fourth-order valence-electron chi connectivity index (χ4n) is 2.78. The summed E-state index contributed by atoms with van der Waals surface area (Å²) < 4.78 is 1.89. The summed E-state index contributed by atoms with van der Waals surface area (Å²) >= 11 is 1.62. The van der Waals surface area contributed by atoms with Gasteiger partial charge in [-0.2, -0.15) is 5.10 Å². The first-order valence-electron chi connectivity index (χ1n) is 9.41. The van der Waals surface area contributed by atoms with Gasteiger partial charge in [-0.05, 0) is 43.3 Å². The highest BCUT2D eigenvalue weighted by atomic mass is 32.2. The fourth-order valence-corrected chi connectivity index (χ4v) is 3.81. The van der Waals surface area contributed by atoms with E-state index >= 15 is 0 Å². The number of fused-ring (bicyclic) bond motifs is 1. The van der Waals surface area contributed by atoms with Gasteiger partial charge in [0, 0.05) is 47.7 Å². The monoisotopic (exact) mass is 425 g/mol. The van der Waals surface area contributed by atoms with E-state index < -0.39 is 0 Å². The molecule has 0 atom stereocenters. The molecule has 30 heavy (non-hydrogen) atoms. The summed E-state index contributed by atoms with van der Waals surface area (Å²) in [5.41, 5.74) is 14.9. The molecule has 0 aliphatic heterocycles. The van der Waals surface area contributed by atoms with Crippen molar-refractivity contribution in [1.29, 1.82) is 0 Å². The Morgan fingerprint density at radius 2 is 2.07 bits per heavy atom. The number of amides is 1. The highest BCUT2D eigenvalue weighted by Gasteiger charge is 2.16. The predicted octanol–water partition coefficient (Wildman–Crippen LogP) is 2.30. The second-order valence-electron chi connectivity index (χ2n) is 7.17. The number of hydrogen-bond donors (Lipinski definition) is 4. The number of nitrogens with one attached hydrogen (secondary N) is 2. The van der Waals surface area contributed by atoms with Crippen LogP contribution in [0.3, 0.4) is 0 Å². The molecule has 1 aromatic carbocycles. The minimum absolute atomic E-state index is 0.182. The third-order valence-corrected chi connectivity index (χ3v) is 5.92. The number of allylic oxidation sites excluding steroid dienone is 2. The Balaban J connectivity index is 1.70. The first-order chi connectivity index (χ1) is 14.3. The van der Waals surface area contributed by atoms with Crippen LogP contribution in [0.15, 0.2) is 63.9 Å². The summed E-state index contributed by atoms with van der Waals surface area (Å²) in [7, 11) is 5.57. The summed E-state index contributed by atoms with van der Waals surface area (Å²) in [6, 6.07) is 8.02. The second kappa shape index (κ2) is 9.00. The number of aromatic amines is 1. The Morgan fingerprint density at radius 1 is 1.30 bits per heavy atom. The molecule has 0 saturated carbocycles. The first kappa shape index (κ1) is 21.4. The van der Waals surface area contributed by atoms with Crippen LogP contribution in [-0.2, 0) is 7.05 Å². The molecule has 158 valence electrons. The topological polar surface area (TPSA) is 118 Å². The van der Waals surface area contributed by atoms with Crippen molar-refractivity contribution in [2.24, 2.45) is 18.5 Å². The number of benzene rings is 1. The Labute approximate surface area is 180 Å². The van der Waals surface area contributed by atoms with Crippen molar-refractivity contribution in [3.05, 3.63) is 65.5 Å². The highest BCUT2D eigenvalue weighted by Crippen LogP contribution is 2.33. The maximum absolute atomic E-state index is 12.7. The Morgan fingerprint density at radius 3 is 2.80 bits per heavy atom. The van der Waals surface area contributed by atoms with Crippen LogP contribution >= 0.6 is 11.8 Å². The molecule has 9 heteroatoms. The summed E-state index contributed by atoms with van der Waals surface area (Å²) in [5, 5.41) is 10.9. The lowest BCUT2D eigenvalue weighted by Crippen LogP contribution is -2.29. The van der Waals surface area contributed by atoms with Gasteiger partial charge in [-0.1, -0.05) is 11.8 Å². The molecule has 0 bridgehead atoms. The number of H-pyrrole nitrogens is 1. The van der Waals surface area contributed by atoms with Gasteiger partial charge in [0.05, 0.1) is 24.1 Å². The van der Waals surface area contributed by atoms with E-state index in [4.69, 9.17) is 11.5 Å². The molecule has 0 radical (unpaired) electrons. The molecular formula is C21H27N7OS. The van der Waals surface area contributed by atoms with Crippen LogP contribution in [0.5, 0.6) is 0 Å². The van der Waals surface area contributed by atoms with Crippen LogP contribution in [0, 0.1) is 6.92 Å². The van der Waals surface area contributed by atoms with Crippen molar-refractivity contribution >= 4 is 28.6 Å². The number of nitrogens with zero attached hydrogens (tertiary/aromatic N) is 3. The van der Waals surface area contributed by atoms with Gasteiger partial charge in [-0.25, -0.2) is 0 Å². The highest BCUT2D eigenvalue weighted by molar-refractivity contribution is 7.99. The van der Waals surface area contributed by atoms with Crippen molar-refractivity contribution in [3.8, 4) is 0 Å². The largest absolute Gasteiger partial charge is 0.401 e. The van der Waals surface area contributed by atoms with Gasteiger partial charge in [0.15, 0.2) is 0 Å². The van der Waals surface area contributed by atoms with E-state index in [0.29, 0.717) is 17.2 Å². The standard InChI is InChI=1S/C21H27N7OS/c1-13-19(30-16-6-7-17-14(9-16)11-25-26-17)10-18(28(13)4)21(29)24-12-15(22)5-8-20(23)27(2)3/h5-11H,12,22-23H2,1-4H3,(H,24,29)(H,25,26)/b15-5-,20-8+. The van der Waals surface area contributed by atoms with Crippen LogP contribution in [0.4, 0.5) is 0 Å². The van der Waals surface area contributed by atoms with E-state index in [-0.39, 0.29) is 12.5 Å². The molecule has 8 nitrogen and oxygen atoms in total. The summed E-state index contributed by atoms with van der Waals surface area (Å²) in [6.45, 7) is 2.23. The Kier molecular flexibility index (Phi) is 6.41. The smallest absolute Gasteiger partial charge is 0.268 e. The molecule has 0 aliphatic carbocycles. The van der Waals surface area contributed by atoms with Gasteiger partial charge in [0.25, 0.3) is 5.91 Å². The third kappa shape index (κ3) is 4.80. The van der Waals surface area contributed by atoms with Crippen molar-refractivity contribution in [2.45, 2.75) is 16.7 Å². The molecule has 0 saturated heterocycles. The van der Waals surface area contributed by atoms with Gasteiger partial charge in [-0.3, -0.25) is 9.89 Å². The lowest BCUT2D eigenvalue weighted by Gasteiger charge is -2.11. The molecule has 0 unspecified atom stereocenters. The first-order valence-corrected chi connectivity index (χ1v) is 10.2. The van der Waals surface area contributed by atoms with Crippen molar-refractivity contribution in [2.75, 3.05) is 20.6 Å². The average molecular weight is 426 g/mol. The van der Waals surface area contributed by atoms with Crippen LogP contribution in [0.25, 0.3) is 10.9 Å². The Hall–Kier alpha value is -3.33. The average Bonchev–Trinajstić information content (AvgIpc) is 3.29. The molecule has 0 fully saturated rings. The molecule has 2 aromatic heterocycles. The summed E-state index contributed by atoms with van der Waals surface area (Å²) in [5.74, 6) is 0.399. The van der Waals surface area contributed by atoms with Gasteiger partial charge in [0.1, 0.15) is 5.69 Å². The number of aromatic nitrogens is 3. The number of hydrogen-bond acceptors (Lipinski definition) is 6. The maximum Gasteiger partial charge on any atom is 0.268 e. The molecule has 2 heterocycles. The van der Waals surface area contributed by atoms with Crippen LogP contribution < -0.4 is 16.8 Å². The fraction of sp³-hybridized carbons (Fsp3) is 0.238. The second-order valence-corrected chi connectivity index (χ2v) is 8.28. The lowest BCUT2D eigenvalue weighted by atomic mass is 10.3. The van der Waals surface area contributed by atoms with E-state index in [9.17, 15) is 4.79 Å². The SMILES string of the molecule is Cc1c(Sc2ccc3[nH]ncc3c2)cc(C(=O)NC/C(N)=C/C=C(\N)N(C)C)n1C. The van der Waals surface area contributed by atoms with Crippen LogP contribution in [0.1, 0.15) is 16.2 Å². The van der Waals surface area contributed by atoms with E-state index in [1.54, 1.807) is 35.0 Å². The van der Waals surface area contributed by atoms with E-state index in [1.165, 1.54) is 0 Å². The van der Waals surface area contributed by atoms with Crippen LogP contribution in [0.2, 0.25) is 0 Å². The zero-order valence-electron chi connectivity index (χ0n) is 17.6. The number of carbonyl (C=O) groups excluding carboxylic acids is 1. The minimum atomic E-state index is -0.182. The summed E-state index contributed by atoms with van der Waals surface area (Å²) in [4.78, 5) is 16.6. The molecule has 1 amide bonds. The zero-order chi connectivity index (χ0) is 21.8. The maximum atomic E-state index is 12.7. The number of carbonyl (C=O) groups is 1. The number of rotatable bonds is 7. The normalized spacial score (nSPS) is 12.4. The molecule has 3 rings (SSSR count). The minimum Gasteiger partial charge on any atom is -0.401 e. The molecular weight excluding hydrogens is 398 g/mol. The van der Waals surface area contributed by atoms with Crippen molar-refractivity contribution in [3.63, 3.8) is 0 Å². The van der Waals surface area contributed by atoms with Gasteiger partial charge in [0.2, 0.25) is 0 Å². The lowest BCUT2D eigenvalue weighted by molar-refractivity contribution is 0.0948. The third-order valence-electron chi connectivity index (χ3n) is 4.80. The van der Waals surface area contributed by atoms with Crippen molar-refractivity contribution < 1.29 is 4.79 Å².